The van der Waals surface area contributed by atoms with Crippen molar-refractivity contribution in [1.82, 2.24) is 15.1 Å². The van der Waals surface area contributed by atoms with Crippen LogP contribution in [0.25, 0.3) is 0 Å². The van der Waals surface area contributed by atoms with Crippen LogP contribution in [0.2, 0.25) is 0 Å². The van der Waals surface area contributed by atoms with E-state index in [9.17, 15) is 22.8 Å². The number of ether oxygens (including phenoxy) is 1. The third kappa shape index (κ3) is 6.88. The lowest BCUT2D eigenvalue weighted by Crippen LogP contribution is -2.40. The molecule has 2 amide bonds. The molecule has 0 aliphatic carbocycles. The summed E-state index contributed by atoms with van der Waals surface area (Å²) in [4.78, 5) is 28.2. The van der Waals surface area contributed by atoms with E-state index in [-0.39, 0.29) is 37.2 Å². The van der Waals surface area contributed by atoms with E-state index in [1.807, 2.05) is 18.2 Å². The maximum absolute atomic E-state index is 13.4. The highest BCUT2D eigenvalue weighted by Gasteiger charge is 2.33. The molecular formula is C25H31F3N4O3. The second-order valence-electron chi connectivity index (χ2n) is 8.24. The van der Waals surface area contributed by atoms with Crippen LogP contribution in [-0.4, -0.2) is 61.6 Å². The van der Waals surface area contributed by atoms with Gasteiger partial charge in [0.1, 0.15) is 0 Å². The highest BCUT2D eigenvalue weighted by Crippen LogP contribution is 2.32. The maximum atomic E-state index is 13.4. The molecule has 1 aliphatic rings. The first-order valence-corrected chi connectivity index (χ1v) is 11.6. The van der Waals surface area contributed by atoms with Crippen LogP contribution < -0.4 is 10.6 Å². The van der Waals surface area contributed by atoms with Gasteiger partial charge in [-0.25, -0.2) is 4.79 Å². The van der Waals surface area contributed by atoms with Gasteiger partial charge in [-0.05, 0) is 49.2 Å². The Labute approximate surface area is 203 Å². The molecule has 0 radical (unpaired) electrons. The van der Waals surface area contributed by atoms with Gasteiger partial charge in [0.05, 0.1) is 18.7 Å². The standard InChI is InChI=1S/C25H31F3N4O3/c1-3-35-24(34)32-13-11-20-18(16-32)8-6-10-22(20)30-15-23(33)31(14-12-29-2)17-19-7-4-5-9-21(19)25(26,27)28/h4-10,29-30H,3,11-17H2,1-2H3. The number of halogens is 3. The zero-order valence-electron chi connectivity index (χ0n) is 20.0. The van der Waals surface area contributed by atoms with Gasteiger partial charge in [-0.15, -0.1) is 0 Å². The van der Waals surface area contributed by atoms with Crippen LogP contribution in [0.5, 0.6) is 0 Å². The normalized spacial score (nSPS) is 13.2. The molecule has 0 spiro atoms. The first kappa shape index (κ1) is 26.3. The number of hydrogen-bond acceptors (Lipinski definition) is 5. The lowest BCUT2D eigenvalue weighted by molar-refractivity contribution is -0.139. The van der Waals surface area contributed by atoms with Gasteiger partial charge in [-0.2, -0.15) is 13.2 Å². The third-order valence-electron chi connectivity index (χ3n) is 5.89. The molecule has 1 aliphatic heterocycles. The molecule has 3 rings (SSSR count). The van der Waals surface area contributed by atoms with E-state index in [1.54, 1.807) is 24.9 Å². The van der Waals surface area contributed by atoms with Crippen molar-refractivity contribution in [1.29, 1.82) is 0 Å². The predicted octanol–water partition coefficient (Wildman–Crippen LogP) is 3.88. The summed E-state index contributed by atoms with van der Waals surface area (Å²) in [7, 11) is 1.72. The molecule has 0 saturated heterocycles. The lowest BCUT2D eigenvalue weighted by Gasteiger charge is -2.30. The molecule has 0 fully saturated rings. The van der Waals surface area contributed by atoms with Crippen molar-refractivity contribution in [3.63, 3.8) is 0 Å². The predicted molar refractivity (Wildman–Crippen MR) is 127 cm³/mol. The quantitative estimate of drug-likeness (QED) is 0.556. The van der Waals surface area contributed by atoms with Crippen molar-refractivity contribution in [2.75, 3.05) is 45.2 Å². The number of benzene rings is 2. The first-order valence-electron chi connectivity index (χ1n) is 11.6. The number of amides is 2. The molecule has 0 saturated carbocycles. The summed E-state index contributed by atoms with van der Waals surface area (Å²) < 4.78 is 45.4. The SMILES string of the molecule is CCOC(=O)N1CCc2c(cccc2NCC(=O)N(CCNC)Cc2ccccc2C(F)(F)F)C1. The minimum Gasteiger partial charge on any atom is -0.450 e. The molecule has 0 bridgehead atoms. The number of alkyl halides is 3. The Morgan fingerprint density at radius 2 is 1.91 bits per heavy atom. The Morgan fingerprint density at radius 3 is 2.63 bits per heavy atom. The van der Waals surface area contributed by atoms with Crippen LogP contribution in [0.15, 0.2) is 42.5 Å². The summed E-state index contributed by atoms with van der Waals surface area (Å²) >= 11 is 0. The topological polar surface area (TPSA) is 73.9 Å². The molecule has 0 aromatic heterocycles. The number of carbonyl (C=O) groups is 2. The number of carbonyl (C=O) groups excluding carboxylic acids is 2. The molecule has 2 aromatic rings. The van der Waals surface area contributed by atoms with Gasteiger partial charge in [-0.1, -0.05) is 30.3 Å². The Morgan fingerprint density at radius 1 is 1.14 bits per heavy atom. The van der Waals surface area contributed by atoms with E-state index < -0.39 is 11.7 Å². The summed E-state index contributed by atoms with van der Waals surface area (Å²) in [6, 6.07) is 11.0. The van der Waals surface area contributed by atoms with Gasteiger partial charge in [-0.3, -0.25) is 4.79 Å². The molecule has 7 nitrogen and oxygen atoms in total. The Hall–Kier alpha value is -3.27. The Kier molecular flexibility index (Phi) is 8.97. The fraction of sp³-hybridized carbons (Fsp3) is 0.440. The van der Waals surface area contributed by atoms with E-state index in [4.69, 9.17) is 4.74 Å². The Bertz CT molecular complexity index is 1030. The van der Waals surface area contributed by atoms with Crippen molar-refractivity contribution in [3.8, 4) is 0 Å². The number of anilines is 1. The first-order chi connectivity index (χ1) is 16.7. The number of nitrogens with one attached hydrogen (secondary N) is 2. The van der Waals surface area contributed by atoms with Crippen molar-refractivity contribution >= 4 is 17.7 Å². The van der Waals surface area contributed by atoms with Crippen molar-refractivity contribution in [3.05, 3.63) is 64.7 Å². The van der Waals surface area contributed by atoms with Crippen molar-refractivity contribution in [2.45, 2.75) is 32.6 Å². The van der Waals surface area contributed by atoms with Crippen LogP contribution in [0.4, 0.5) is 23.7 Å². The van der Waals surface area contributed by atoms with Crippen LogP contribution in [0.3, 0.4) is 0 Å². The van der Waals surface area contributed by atoms with Gasteiger partial charge < -0.3 is 25.2 Å². The molecule has 1 heterocycles. The second kappa shape index (κ2) is 11.9. The molecular weight excluding hydrogens is 461 g/mol. The van der Waals surface area contributed by atoms with Crippen LogP contribution in [-0.2, 0) is 35.2 Å². The van der Waals surface area contributed by atoms with Crippen molar-refractivity contribution < 1.29 is 27.5 Å². The zero-order valence-corrected chi connectivity index (χ0v) is 20.0. The second-order valence-corrected chi connectivity index (χ2v) is 8.24. The van der Waals surface area contributed by atoms with E-state index in [2.05, 4.69) is 10.6 Å². The summed E-state index contributed by atoms with van der Waals surface area (Å²) in [5.41, 5.74) is 2.08. The smallest absolute Gasteiger partial charge is 0.416 e. The monoisotopic (exact) mass is 492 g/mol. The number of rotatable bonds is 9. The fourth-order valence-corrected chi connectivity index (χ4v) is 4.11. The van der Waals surface area contributed by atoms with Gasteiger partial charge in [0.2, 0.25) is 5.91 Å². The summed E-state index contributed by atoms with van der Waals surface area (Å²) in [6.07, 6.45) is -4.24. The zero-order chi connectivity index (χ0) is 25.4. The largest absolute Gasteiger partial charge is 0.450 e. The maximum Gasteiger partial charge on any atom is 0.416 e. The average molecular weight is 493 g/mol. The average Bonchev–Trinajstić information content (AvgIpc) is 2.84. The number of nitrogens with zero attached hydrogens (tertiary/aromatic N) is 2. The molecule has 2 N–H and O–H groups in total. The molecule has 0 atom stereocenters. The summed E-state index contributed by atoms with van der Waals surface area (Å²) in [5.74, 6) is -0.307. The van der Waals surface area contributed by atoms with Crippen LogP contribution in [0, 0.1) is 0 Å². The number of fused-ring (bicyclic) bond motifs is 1. The number of likely N-dealkylation sites (N-methyl/N-ethyl adjacent to an activating group) is 1. The van der Waals surface area contributed by atoms with Crippen molar-refractivity contribution in [2.24, 2.45) is 0 Å². The lowest BCUT2D eigenvalue weighted by atomic mass is 9.98. The van der Waals surface area contributed by atoms with E-state index in [1.165, 1.54) is 17.0 Å². The molecule has 35 heavy (non-hydrogen) atoms. The van der Waals surface area contributed by atoms with E-state index >= 15 is 0 Å². The highest BCUT2D eigenvalue weighted by molar-refractivity contribution is 5.81. The number of hydrogen-bond donors (Lipinski definition) is 2. The van der Waals surface area contributed by atoms with Gasteiger partial charge in [0.25, 0.3) is 0 Å². The van der Waals surface area contributed by atoms with Gasteiger partial charge >= 0.3 is 12.3 Å². The van der Waals surface area contributed by atoms with Gasteiger partial charge in [0, 0.05) is 38.4 Å². The third-order valence-corrected chi connectivity index (χ3v) is 5.89. The van der Waals surface area contributed by atoms with Crippen LogP contribution in [0.1, 0.15) is 29.2 Å². The highest BCUT2D eigenvalue weighted by atomic mass is 19.4. The van der Waals surface area contributed by atoms with Gasteiger partial charge in [0.15, 0.2) is 0 Å². The Balaban J connectivity index is 1.70. The minimum absolute atomic E-state index is 0.0561. The molecule has 10 heteroatoms. The molecule has 0 unspecified atom stereocenters. The molecule has 190 valence electrons. The summed E-state index contributed by atoms with van der Waals surface area (Å²) in [5, 5.41) is 6.10. The molecule has 2 aromatic carbocycles. The fourth-order valence-electron chi connectivity index (χ4n) is 4.11. The van der Waals surface area contributed by atoms with E-state index in [0.29, 0.717) is 32.7 Å². The summed E-state index contributed by atoms with van der Waals surface area (Å²) in [6.45, 7) is 3.51. The van der Waals surface area contributed by atoms with Crippen LogP contribution >= 0.6 is 0 Å². The van der Waals surface area contributed by atoms with E-state index in [0.717, 1.165) is 22.9 Å². The minimum atomic E-state index is -4.49.